The summed E-state index contributed by atoms with van der Waals surface area (Å²) in [6.07, 6.45) is 0.660. The highest BCUT2D eigenvalue weighted by Gasteiger charge is 2.42. The lowest BCUT2D eigenvalue weighted by atomic mass is 9.97. The van der Waals surface area contributed by atoms with Gasteiger partial charge >= 0.3 is 0 Å². The first-order valence-corrected chi connectivity index (χ1v) is 13.2. The maximum Gasteiger partial charge on any atom is 0.290 e. The molecule has 1 atom stereocenters. The van der Waals surface area contributed by atoms with E-state index in [0.717, 1.165) is 27.8 Å². The van der Waals surface area contributed by atoms with Crippen LogP contribution in [0.3, 0.4) is 0 Å². The molecule has 0 spiro atoms. The van der Waals surface area contributed by atoms with Gasteiger partial charge in [0.05, 0.1) is 17.0 Å². The minimum absolute atomic E-state index is 0.129. The molecule has 39 heavy (non-hydrogen) atoms. The van der Waals surface area contributed by atoms with Crippen LogP contribution in [0.2, 0.25) is 0 Å². The lowest BCUT2D eigenvalue weighted by Crippen LogP contribution is -2.31. The number of benzene rings is 4. The molecular formula is C34H29NO4. The van der Waals surface area contributed by atoms with Crippen LogP contribution >= 0.6 is 0 Å². The van der Waals surface area contributed by atoms with Crippen LogP contribution in [0.1, 0.15) is 50.0 Å². The summed E-state index contributed by atoms with van der Waals surface area (Å²) < 4.78 is 12.3. The second kappa shape index (κ2) is 10.3. The third kappa shape index (κ3) is 4.72. The first kappa shape index (κ1) is 24.7. The van der Waals surface area contributed by atoms with E-state index in [-0.39, 0.29) is 17.1 Å². The molecule has 4 aromatic carbocycles. The Balaban J connectivity index is 1.43. The van der Waals surface area contributed by atoms with E-state index in [9.17, 15) is 9.59 Å². The van der Waals surface area contributed by atoms with Gasteiger partial charge in [0.1, 0.15) is 17.9 Å². The van der Waals surface area contributed by atoms with Gasteiger partial charge < -0.3 is 14.1 Å². The number of ether oxygens (including phenoxy) is 1. The van der Waals surface area contributed by atoms with Crippen molar-refractivity contribution >= 4 is 16.9 Å². The van der Waals surface area contributed by atoms with Gasteiger partial charge in [-0.3, -0.25) is 9.59 Å². The van der Waals surface area contributed by atoms with Crippen molar-refractivity contribution in [3.63, 3.8) is 0 Å². The predicted octanol–water partition coefficient (Wildman–Crippen LogP) is 6.78. The zero-order chi connectivity index (χ0) is 26.9. The maximum atomic E-state index is 14.0. The Morgan fingerprint density at radius 2 is 1.49 bits per heavy atom. The minimum atomic E-state index is -0.571. The molecule has 1 amide bonds. The van der Waals surface area contributed by atoms with Gasteiger partial charge in [0, 0.05) is 6.54 Å². The lowest BCUT2D eigenvalue weighted by Gasteiger charge is -2.25. The van der Waals surface area contributed by atoms with Crippen molar-refractivity contribution in [3.8, 4) is 5.75 Å². The van der Waals surface area contributed by atoms with E-state index in [0.29, 0.717) is 41.9 Å². The van der Waals surface area contributed by atoms with Crippen molar-refractivity contribution in [2.75, 3.05) is 6.54 Å². The number of nitrogens with zero attached hydrogens (tertiary/aromatic N) is 1. The Labute approximate surface area is 227 Å². The van der Waals surface area contributed by atoms with Crippen LogP contribution in [0.5, 0.6) is 5.75 Å². The summed E-state index contributed by atoms with van der Waals surface area (Å²) in [5.74, 6) is 0.542. The van der Waals surface area contributed by atoms with Crippen molar-refractivity contribution < 1.29 is 13.9 Å². The average molecular weight is 516 g/mol. The molecule has 5 nitrogen and oxygen atoms in total. The van der Waals surface area contributed by atoms with E-state index >= 15 is 0 Å². The monoisotopic (exact) mass is 515 g/mol. The second-order valence-electron chi connectivity index (χ2n) is 10.1. The van der Waals surface area contributed by atoms with E-state index in [2.05, 4.69) is 0 Å². The number of hydrogen-bond acceptors (Lipinski definition) is 4. The summed E-state index contributed by atoms with van der Waals surface area (Å²) in [5.41, 5.74) is 5.69. The zero-order valence-corrected chi connectivity index (χ0v) is 22.0. The fraction of sp³-hybridized carbons (Fsp3) is 0.176. The van der Waals surface area contributed by atoms with Gasteiger partial charge in [-0.25, -0.2) is 0 Å². The summed E-state index contributed by atoms with van der Waals surface area (Å²) in [5, 5.41) is 0.496. The van der Waals surface area contributed by atoms with Crippen molar-refractivity contribution in [3.05, 3.63) is 146 Å². The summed E-state index contributed by atoms with van der Waals surface area (Å²) in [6, 6.07) is 30.8. The van der Waals surface area contributed by atoms with Crippen LogP contribution in [0, 0.1) is 13.8 Å². The van der Waals surface area contributed by atoms with Crippen molar-refractivity contribution in [1.82, 2.24) is 4.90 Å². The molecule has 0 fully saturated rings. The first-order valence-electron chi connectivity index (χ1n) is 13.2. The Hall–Kier alpha value is -4.64. The molecule has 5 aromatic rings. The largest absolute Gasteiger partial charge is 0.489 e. The number of carbonyl (C=O) groups is 1. The third-order valence-corrected chi connectivity index (χ3v) is 7.49. The highest BCUT2D eigenvalue weighted by molar-refractivity contribution is 5.99. The number of carbonyl (C=O) groups excluding carboxylic acids is 1. The van der Waals surface area contributed by atoms with E-state index in [1.807, 2.05) is 111 Å². The molecule has 0 radical (unpaired) electrons. The molecule has 0 aliphatic carbocycles. The van der Waals surface area contributed by atoms with Crippen molar-refractivity contribution in [1.29, 1.82) is 0 Å². The summed E-state index contributed by atoms with van der Waals surface area (Å²) in [4.78, 5) is 29.5. The molecule has 6 rings (SSSR count). The quantitative estimate of drug-likeness (QED) is 0.240. The predicted molar refractivity (Wildman–Crippen MR) is 152 cm³/mol. The van der Waals surface area contributed by atoms with Gasteiger partial charge in [0.15, 0.2) is 5.43 Å². The lowest BCUT2D eigenvalue weighted by molar-refractivity contribution is 0.0729. The Morgan fingerprint density at radius 1 is 0.795 bits per heavy atom. The fourth-order valence-corrected chi connectivity index (χ4v) is 5.26. The number of rotatable bonds is 7. The average Bonchev–Trinajstić information content (AvgIpc) is 3.24. The van der Waals surface area contributed by atoms with Crippen LogP contribution in [-0.2, 0) is 13.0 Å². The second-order valence-corrected chi connectivity index (χ2v) is 10.1. The van der Waals surface area contributed by atoms with Crippen molar-refractivity contribution in [2.24, 2.45) is 0 Å². The molecule has 0 saturated heterocycles. The highest BCUT2D eigenvalue weighted by Crippen LogP contribution is 2.39. The summed E-state index contributed by atoms with van der Waals surface area (Å²) >= 11 is 0. The van der Waals surface area contributed by atoms with Crippen LogP contribution in [-0.4, -0.2) is 17.4 Å². The van der Waals surface area contributed by atoms with E-state index in [1.165, 1.54) is 0 Å². The fourth-order valence-electron chi connectivity index (χ4n) is 5.26. The van der Waals surface area contributed by atoms with E-state index in [4.69, 9.17) is 9.15 Å². The molecule has 1 aliphatic heterocycles. The molecule has 0 bridgehead atoms. The molecular weight excluding hydrogens is 486 g/mol. The van der Waals surface area contributed by atoms with Gasteiger partial charge in [0.25, 0.3) is 5.91 Å². The Morgan fingerprint density at radius 3 is 2.23 bits per heavy atom. The molecule has 2 heterocycles. The van der Waals surface area contributed by atoms with Gasteiger partial charge in [-0.1, -0.05) is 72.8 Å². The molecule has 1 aromatic heterocycles. The third-order valence-electron chi connectivity index (χ3n) is 7.49. The number of fused-ring (bicyclic) bond motifs is 2. The number of amides is 1. The topological polar surface area (TPSA) is 59.8 Å². The first-order chi connectivity index (χ1) is 19.0. The van der Waals surface area contributed by atoms with Gasteiger partial charge in [-0.15, -0.1) is 0 Å². The zero-order valence-electron chi connectivity index (χ0n) is 22.0. The summed E-state index contributed by atoms with van der Waals surface area (Å²) in [7, 11) is 0. The van der Waals surface area contributed by atoms with Gasteiger partial charge in [0.2, 0.25) is 5.76 Å². The smallest absolute Gasteiger partial charge is 0.290 e. The van der Waals surface area contributed by atoms with Gasteiger partial charge in [-0.05, 0) is 72.4 Å². The molecule has 1 aliphatic rings. The maximum absolute atomic E-state index is 14.0. The van der Waals surface area contributed by atoms with Crippen LogP contribution in [0.4, 0.5) is 0 Å². The molecule has 194 valence electrons. The van der Waals surface area contributed by atoms with Gasteiger partial charge in [-0.2, -0.15) is 0 Å². The highest BCUT2D eigenvalue weighted by atomic mass is 16.5. The molecule has 0 saturated carbocycles. The number of hydrogen-bond donors (Lipinski definition) is 0. The Kier molecular flexibility index (Phi) is 6.49. The Bertz CT molecular complexity index is 1720. The molecule has 1 unspecified atom stereocenters. The normalized spacial score (nSPS) is 14.6. The van der Waals surface area contributed by atoms with Crippen molar-refractivity contribution in [2.45, 2.75) is 32.9 Å². The van der Waals surface area contributed by atoms with Crippen LogP contribution in [0.25, 0.3) is 11.0 Å². The number of aryl methyl sites for hydroxylation is 2. The van der Waals surface area contributed by atoms with E-state index in [1.54, 1.807) is 4.90 Å². The molecule has 0 N–H and O–H groups in total. The minimum Gasteiger partial charge on any atom is -0.489 e. The molecule has 5 heteroatoms. The summed E-state index contributed by atoms with van der Waals surface area (Å²) in [6.45, 7) is 4.82. The standard InChI is InChI=1S/C34H29NO4/c1-22-18-28-29(19-23(22)2)39-33-30(32(28)36)31(35(34(33)37)17-16-24-10-5-3-6-11-24)26-14-9-15-27(20-26)38-21-25-12-7-4-8-13-25/h3-15,18-20,31H,16-17,21H2,1-2H3. The van der Waals surface area contributed by atoms with Crippen LogP contribution in [0.15, 0.2) is 106 Å². The SMILES string of the molecule is Cc1cc2oc3c(c(=O)c2cc1C)C(c1cccc(OCc2ccccc2)c1)N(CCc1ccccc1)C3=O. The van der Waals surface area contributed by atoms with E-state index < -0.39 is 6.04 Å². The van der Waals surface area contributed by atoms with Crippen LogP contribution < -0.4 is 10.2 Å².